The number of ether oxygens (including phenoxy) is 3. The summed E-state index contributed by atoms with van der Waals surface area (Å²) in [4.78, 5) is 45.8. The summed E-state index contributed by atoms with van der Waals surface area (Å²) in [5.41, 5.74) is 5.69. The number of oxime groups is 1. The predicted octanol–water partition coefficient (Wildman–Crippen LogP) is 8.27. The molecule has 294 valence electrons. The van der Waals surface area contributed by atoms with Crippen molar-refractivity contribution in [3.63, 3.8) is 0 Å². The summed E-state index contributed by atoms with van der Waals surface area (Å²) >= 11 is 0. The van der Waals surface area contributed by atoms with Crippen LogP contribution in [-0.4, -0.2) is 70.8 Å². The van der Waals surface area contributed by atoms with Crippen LogP contribution in [0.5, 0.6) is 0 Å². The van der Waals surface area contributed by atoms with E-state index in [1.165, 1.54) is 19.2 Å². The lowest BCUT2D eigenvalue weighted by molar-refractivity contribution is -0.0683. The first-order chi connectivity index (χ1) is 28.1. The molecule has 0 spiro atoms. The summed E-state index contributed by atoms with van der Waals surface area (Å²) in [6, 6.07) is 48.3. The zero-order valence-electron chi connectivity index (χ0n) is 31.5. The van der Waals surface area contributed by atoms with Crippen LogP contribution < -0.4 is 0 Å². The molecule has 0 saturated heterocycles. The Morgan fingerprint density at radius 2 is 0.897 bits per heavy atom. The van der Waals surface area contributed by atoms with E-state index in [1.54, 1.807) is 60.7 Å². The molecule has 0 radical (unpaired) electrons. The molecule has 6 rings (SSSR count). The molecule has 0 heterocycles. The largest absolute Gasteiger partial charge is 0.459 e. The van der Waals surface area contributed by atoms with Gasteiger partial charge >= 0.3 is 17.9 Å². The van der Waals surface area contributed by atoms with Crippen molar-refractivity contribution >= 4 is 34.2 Å². The number of nitrogens with zero attached hydrogens (tertiary/aromatic N) is 1. The lowest BCUT2D eigenvalue weighted by Crippen LogP contribution is -2.48. The standard InChI is InChI=1S/C46H39NO10S/c1-53-47-30-41(55-45(49)39-26-20-36(21-27-39)33-14-8-4-9-15-33)43(56-46(50)40-28-22-37(23-29-40)34-16-10-5-11-17-34)42(57-58(2,51)52)31-54-44(48)38-24-18-35(19-25-38)32-12-6-3-7-13-32/h3-30,41-43H,31H2,1-2H3/t41-,42+,43-/m1/s1. The van der Waals surface area contributed by atoms with E-state index in [9.17, 15) is 22.8 Å². The second kappa shape index (κ2) is 19.3. The van der Waals surface area contributed by atoms with Crippen LogP contribution in [-0.2, 0) is 33.3 Å². The van der Waals surface area contributed by atoms with Crippen molar-refractivity contribution < 1.29 is 46.0 Å². The third-order valence-corrected chi connectivity index (χ3v) is 9.45. The summed E-state index contributed by atoms with van der Waals surface area (Å²) in [5, 5.41) is 3.77. The first kappa shape index (κ1) is 40.8. The molecule has 0 aliphatic carbocycles. The summed E-state index contributed by atoms with van der Waals surface area (Å²) in [6.07, 6.45) is -3.31. The quantitative estimate of drug-likeness (QED) is 0.0309. The molecule has 0 aliphatic rings. The molecule has 0 bridgehead atoms. The molecule has 0 aliphatic heterocycles. The highest BCUT2D eigenvalue weighted by molar-refractivity contribution is 7.86. The Labute approximate surface area is 336 Å². The van der Waals surface area contributed by atoms with E-state index in [0.717, 1.165) is 45.9 Å². The van der Waals surface area contributed by atoms with E-state index < -0.39 is 52.9 Å². The SMILES string of the molecule is CON=C[C@@H](OC(=O)c1ccc(-c2ccccc2)cc1)[C@@H](OC(=O)c1ccc(-c2ccccc2)cc1)[C@H](COC(=O)c1ccc(-c2ccccc2)cc1)OS(C)(=O)=O. The van der Waals surface area contributed by atoms with Crippen molar-refractivity contribution in [3.05, 3.63) is 180 Å². The third kappa shape index (κ3) is 11.1. The predicted molar refractivity (Wildman–Crippen MR) is 220 cm³/mol. The topological polar surface area (TPSA) is 144 Å². The van der Waals surface area contributed by atoms with E-state index in [0.29, 0.717) is 0 Å². The fourth-order valence-electron chi connectivity index (χ4n) is 5.97. The molecular weight excluding hydrogens is 759 g/mol. The molecule has 58 heavy (non-hydrogen) atoms. The normalized spacial score (nSPS) is 12.9. The number of carbonyl (C=O) groups is 3. The molecule has 0 fully saturated rings. The van der Waals surface area contributed by atoms with Crippen LogP contribution in [0.25, 0.3) is 33.4 Å². The summed E-state index contributed by atoms with van der Waals surface area (Å²) < 4.78 is 48.2. The smallest absolute Gasteiger partial charge is 0.338 e. The second-order valence-corrected chi connectivity index (χ2v) is 14.5. The zero-order valence-corrected chi connectivity index (χ0v) is 32.4. The minimum Gasteiger partial charge on any atom is -0.459 e. The van der Waals surface area contributed by atoms with Gasteiger partial charge in [0.05, 0.1) is 29.2 Å². The summed E-state index contributed by atoms with van der Waals surface area (Å²) in [7, 11) is -3.08. The van der Waals surface area contributed by atoms with Gasteiger partial charge in [0.2, 0.25) is 0 Å². The Balaban J connectivity index is 1.30. The molecule has 6 aromatic rings. The Bertz CT molecular complexity index is 2420. The van der Waals surface area contributed by atoms with Crippen LogP contribution in [0.3, 0.4) is 0 Å². The van der Waals surface area contributed by atoms with Gasteiger partial charge in [-0.25, -0.2) is 14.4 Å². The molecule has 0 saturated carbocycles. The Hall–Kier alpha value is -6.89. The Kier molecular flexibility index (Phi) is 13.6. The maximum atomic E-state index is 13.8. The van der Waals surface area contributed by atoms with E-state index in [2.05, 4.69) is 5.16 Å². The number of rotatable bonds is 16. The minimum atomic E-state index is -4.32. The fraction of sp³-hybridized carbons (Fsp3) is 0.130. The number of esters is 3. The molecule has 11 nitrogen and oxygen atoms in total. The molecule has 0 unspecified atom stereocenters. The number of hydrogen-bond acceptors (Lipinski definition) is 11. The van der Waals surface area contributed by atoms with Crippen LogP contribution in [0.15, 0.2) is 169 Å². The number of carbonyl (C=O) groups excluding carboxylic acids is 3. The van der Waals surface area contributed by atoms with E-state index in [4.69, 9.17) is 23.2 Å². The second-order valence-electron chi connectivity index (χ2n) is 12.9. The van der Waals surface area contributed by atoms with Crippen molar-refractivity contribution in [2.75, 3.05) is 20.0 Å². The van der Waals surface area contributed by atoms with Crippen LogP contribution in [0, 0.1) is 0 Å². The first-order valence-corrected chi connectivity index (χ1v) is 19.9. The first-order valence-electron chi connectivity index (χ1n) is 18.1. The van der Waals surface area contributed by atoms with Gasteiger partial charge in [-0.1, -0.05) is 133 Å². The van der Waals surface area contributed by atoms with Crippen molar-refractivity contribution in [2.45, 2.75) is 18.3 Å². The molecule has 6 aromatic carbocycles. The van der Waals surface area contributed by atoms with Gasteiger partial charge in [-0.2, -0.15) is 8.42 Å². The highest BCUT2D eigenvalue weighted by Gasteiger charge is 2.40. The van der Waals surface area contributed by atoms with E-state index in [1.807, 2.05) is 91.0 Å². The van der Waals surface area contributed by atoms with Gasteiger partial charge in [-0.05, 0) is 69.8 Å². The molecule has 12 heteroatoms. The monoisotopic (exact) mass is 797 g/mol. The Morgan fingerprint density at radius 3 is 1.28 bits per heavy atom. The Morgan fingerprint density at radius 1 is 0.534 bits per heavy atom. The average molecular weight is 798 g/mol. The fourth-order valence-corrected chi connectivity index (χ4v) is 6.59. The van der Waals surface area contributed by atoms with Crippen molar-refractivity contribution in [1.82, 2.24) is 0 Å². The summed E-state index contributed by atoms with van der Waals surface area (Å²) in [5.74, 6) is -2.61. The molecule has 0 aromatic heterocycles. The van der Waals surface area contributed by atoms with Gasteiger partial charge < -0.3 is 19.0 Å². The van der Waals surface area contributed by atoms with Crippen LogP contribution in [0.4, 0.5) is 0 Å². The lowest BCUT2D eigenvalue weighted by atomic mass is 10.0. The third-order valence-electron chi connectivity index (χ3n) is 8.85. The highest BCUT2D eigenvalue weighted by atomic mass is 32.2. The van der Waals surface area contributed by atoms with Gasteiger partial charge in [0.25, 0.3) is 10.1 Å². The van der Waals surface area contributed by atoms with Gasteiger partial charge in [0.1, 0.15) is 13.7 Å². The van der Waals surface area contributed by atoms with Crippen molar-refractivity contribution in [3.8, 4) is 33.4 Å². The van der Waals surface area contributed by atoms with E-state index in [-0.39, 0.29) is 16.7 Å². The van der Waals surface area contributed by atoms with Crippen LogP contribution in [0.1, 0.15) is 31.1 Å². The van der Waals surface area contributed by atoms with Crippen molar-refractivity contribution in [1.29, 1.82) is 0 Å². The van der Waals surface area contributed by atoms with Gasteiger partial charge in [0.15, 0.2) is 18.3 Å². The summed E-state index contributed by atoms with van der Waals surface area (Å²) in [6.45, 7) is -0.752. The minimum absolute atomic E-state index is 0.0866. The van der Waals surface area contributed by atoms with Gasteiger partial charge in [-0.3, -0.25) is 4.18 Å². The maximum Gasteiger partial charge on any atom is 0.338 e. The lowest BCUT2D eigenvalue weighted by Gasteiger charge is -2.30. The molecule has 0 amide bonds. The highest BCUT2D eigenvalue weighted by Crippen LogP contribution is 2.25. The maximum absolute atomic E-state index is 13.8. The number of benzene rings is 6. The van der Waals surface area contributed by atoms with Crippen LogP contribution in [0.2, 0.25) is 0 Å². The van der Waals surface area contributed by atoms with Crippen molar-refractivity contribution in [2.24, 2.45) is 5.16 Å². The van der Waals surface area contributed by atoms with Gasteiger partial charge in [-0.15, -0.1) is 0 Å². The number of hydrogen-bond donors (Lipinski definition) is 0. The van der Waals surface area contributed by atoms with E-state index >= 15 is 0 Å². The van der Waals surface area contributed by atoms with Crippen LogP contribution >= 0.6 is 0 Å². The average Bonchev–Trinajstić information content (AvgIpc) is 3.26. The zero-order chi connectivity index (χ0) is 40.9. The van der Waals surface area contributed by atoms with Gasteiger partial charge in [0, 0.05) is 0 Å². The molecular formula is C46H39NO10S. The molecule has 3 atom stereocenters. The molecule has 0 N–H and O–H groups in total.